The van der Waals surface area contributed by atoms with Gasteiger partial charge < -0.3 is 10.1 Å². The van der Waals surface area contributed by atoms with Gasteiger partial charge in [0.05, 0.1) is 17.9 Å². The minimum absolute atomic E-state index is 0.0597. The number of alkyl halides is 3. The van der Waals surface area contributed by atoms with Gasteiger partial charge in [-0.1, -0.05) is 0 Å². The van der Waals surface area contributed by atoms with Crippen molar-refractivity contribution in [2.45, 2.75) is 25.1 Å². The minimum atomic E-state index is -4.43. The molecule has 1 aliphatic heterocycles. The highest BCUT2D eigenvalue weighted by Crippen LogP contribution is 2.36. The number of hydrogen-bond acceptors (Lipinski definition) is 4. The summed E-state index contributed by atoms with van der Waals surface area (Å²) in [7, 11) is 0. The van der Waals surface area contributed by atoms with E-state index in [-0.39, 0.29) is 17.8 Å². The number of aromatic nitrogens is 3. The van der Waals surface area contributed by atoms with Gasteiger partial charge in [-0.2, -0.15) is 18.3 Å². The number of nitrogens with one attached hydrogen (secondary N) is 2. The first-order chi connectivity index (χ1) is 11.1. The number of ether oxygens (including phenoxy) is 1. The second-order valence-electron chi connectivity index (χ2n) is 5.50. The minimum Gasteiger partial charge on any atom is -0.373 e. The Morgan fingerprint density at radius 2 is 2.26 bits per heavy atom. The van der Waals surface area contributed by atoms with Gasteiger partial charge in [0.25, 0.3) is 0 Å². The lowest BCUT2D eigenvalue weighted by Gasteiger charge is -2.31. The van der Waals surface area contributed by atoms with Crippen molar-refractivity contribution in [1.29, 1.82) is 0 Å². The fraction of sp³-hybridized carbons (Fsp3) is 0.467. The van der Waals surface area contributed by atoms with Gasteiger partial charge in [-0.05, 0) is 25.0 Å². The van der Waals surface area contributed by atoms with Crippen LogP contribution in [0.4, 0.5) is 19.0 Å². The molecule has 3 heterocycles. The van der Waals surface area contributed by atoms with E-state index in [1.807, 2.05) is 0 Å². The summed E-state index contributed by atoms with van der Waals surface area (Å²) in [5.74, 6) is -0.0824. The van der Waals surface area contributed by atoms with E-state index in [1.165, 1.54) is 12.3 Å². The van der Waals surface area contributed by atoms with Crippen LogP contribution in [-0.2, 0) is 10.9 Å². The third-order valence-corrected chi connectivity index (χ3v) is 3.94. The lowest BCUT2D eigenvalue weighted by Crippen LogP contribution is -2.29. The molecule has 0 aromatic carbocycles. The van der Waals surface area contributed by atoms with Crippen LogP contribution in [0.3, 0.4) is 0 Å². The van der Waals surface area contributed by atoms with Crippen LogP contribution in [0.5, 0.6) is 0 Å². The van der Waals surface area contributed by atoms with Crippen molar-refractivity contribution >= 4 is 5.82 Å². The molecule has 3 rings (SSSR count). The third kappa shape index (κ3) is 3.64. The fourth-order valence-electron chi connectivity index (χ4n) is 2.84. The summed E-state index contributed by atoms with van der Waals surface area (Å²) in [4.78, 5) is 3.83. The monoisotopic (exact) mass is 326 g/mol. The Hall–Kier alpha value is -2.09. The van der Waals surface area contributed by atoms with Gasteiger partial charge in [0.15, 0.2) is 0 Å². The van der Waals surface area contributed by atoms with Gasteiger partial charge in [0, 0.05) is 37.0 Å². The zero-order chi connectivity index (χ0) is 16.3. The maximum absolute atomic E-state index is 13.0. The normalized spacial score (nSPS) is 22.0. The Morgan fingerprint density at radius 3 is 3.00 bits per heavy atom. The molecule has 23 heavy (non-hydrogen) atoms. The lowest BCUT2D eigenvalue weighted by atomic mass is 9.91. The van der Waals surface area contributed by atoms with E-state index < -0.39 is 11.7 Å². The molecule has 0 spiro atoms. The van der Waals surface area contributed by atoms with Gasteiger partial charge in [-0.25, -0.2) is 4.98 Å². The molecule has 0 unspecified atom stereocenters. The van der Waals surface area contributed by atoms with Gasteiger partial charge in [0.2, 0.25) is 0 Å². The van der Waals surface area contributed by atoms with Gasteiger partial charge >= 0.3 is 6.18 Å². The molecule has 0 saturated carbocycles. The summed E-state index contributed by atoms with van der Waals surface area (Å²) in [5, 5.41) is 9.49. The number of halogens is 3. The molecule has 124 valence electrons. The highest BCUT2D eigenvalue weighted by atomic mass is 19.4. The van der Waals surface area contributed by atoms with Crippen LogP contribution in [0.2, 0.25) is 0 Å². The van der Waals surface area contributed by atoms with E-state index in [9.17, 15) is 13.2 Å². The lowest BCUT2D eigenvalue weighted by molar-refractivity contribution is -0.137. The SMILES string of the molecule is FC(F)(F)c1cccnc1NC[C@@H]1CCCO[C@H]1c1cn[nH]c1. The van der Waals surface area contributed by atoms with Crippen molar-refractivity contribution < 1.29 is 17.9 Å². The summed E-state index contributed by atoms with van der Waals surface area (Å²) < 4.78 is 44.8. The Morgan fingerprint density at radius 1 is 1.39 bits per heavy atom. The molecule has 2 N–H and O–H groups in total. The first-order valence-electron chi connectivity index (χ1n) is 7.42. The quantitative estimate of drug-likeness (QED) is 0.904. The standard InChI is InChI=1S/C15H17F3N4O/c16-15(17,18)12-4-1-5-19-14(12)20-7-10-3-2-6-23-13(10)11-8-21-22-9-11/h1,4-5,8-10,13H,2-3,6-7H2,(H,19,20)(H,21,22)/t10-,13+/m0/s1. The molecule has 0 radical (unpaired) electrons. The van der Waals surface area contributed by atoms with Crippen molar-refractivity contribution in [3.8, 4) is 0 Å². The van der Waals surface area contributed by atoms with Crippen molar-refractivity contribution in [2.24, 2.45) is 5.92 Å². The van der Waals surface area contributed by atoms with Crippen LogP contribution in [0.25, 0.3) is 0 Å². The fourth-order valence-corrected chi connectivity index (χ4v) is 2.84. The predicted molar refractivity (Wildman–Crippen MR) is 77.7 cm³/mol. The van der Waals surface area contributed by atoms with Crippen LogP contribution < -0.4 is 5.32 Å². The molecular formula is C15H17F3N4O. The molecule has 1 aliphatic rings. The topological polar surface area (TPSA) is 62.8 Å². The average Bonchev–Trinajstić information content (AvgIpc) is 3.07. The van der Waals surface area contributed by atoms with Gasteiger partial charge in [-0.15, -0.1) is 0 Å². The maximum atomic E-state index is 13.0. The van der Waals surface area contributed by atoms with E-state index in [0.29, 0.717) is 13.2 Å². The first-order valence-corrected chi connectivity index (χ1v) is 7.42. The van der Waals surface area contributed by atoms with Crippen molar-refractivity contribution in [1.82, 2.24) is 15.2 Å². The predicted octanol–water partition coefficient (Wildman–Crippen LogP) is 3.40. The van der Waals surface area contributed by atoms with E-state index in [4.69, 9.17) is 4.74 Å². The molecule has 2 aromatic heterocycles. The Labute approximate surface area is 131 Å². The molecule has 1 saturated heterocycles. The maximum Gasteiger partial charge on any atom is 0.419 e. The van der Waals surface area contributed by atoms with Crippen LogP contribution >= 0.6 is 0 Å². The average molecular weight is 326 g/mol. The van der Waals surface area contributed by atoms with E-state index in [0.717, 1.165) is 24.5 Å². The van der Waals surface area contributed by atoms with Crippen molar-refractivity contribution in [3.05, 3.63) is 41.9 Å². The summed E-state index contributed by atoms with van der Waals surface area (Å²) in [6.07, 6.45) is 1.95. The van der Waals surface area contributed by atoms with E-state index in [1.54, 1.807) is 12.4 Å². The molecule has 0 aliphatic carbocycles. The van der Waals surface area contributed by atoms with Gasteiger partial charge in [0.1, 0.15) is 5.82 Å². The second kappa shape index (κ2) is 6.57. The Balaban J connectivity index is 1.72. The highest BCUT2D eigenvalue weighted by molar-refractivity contribution is 5.45. The number of nitrogens with zero attached hydrogens (tertiary/aromatic N) is 2. The number of H-pyrrole nitrogens is 1. The summed E-state index contributed by atoms with van der Waals surface area (Å²) in [6, 6.07) is 2.31. The third-order valence-electron chi connectivity index (χ3n) is 3.94. The molecule has 1 fully saturated rings. The molecule has 5 nitrogen and oxygen atoms in total. The molecule has 2 aromatic rings. The molecule has 0 amide bonds. The number of rotatable bonds is 4. The molecular weight excluding hydrogens is 309 g/mol. The smallest absolute Gasteiger partial charge is 0.373 e. The number of pyridine rings is 1. The summed E-state index contributed by atoms with van der Waals surface area (Å²) in [6.45, 7) is 1.000. The molecule has 8 heteroatoms. The zero-order valence-corrected chi connectivity index (χ0v) is 12.3. The van der Waals surface area contributed by atoms with Crippen molar-refractivity contribution in [2.75, 3.05) is 18.5 Å². The van der Waals surface area contributed by atoms with E-state index >= 15 is 0 Å². The molecule has 0 bridgehead atoms. The Kier molecular flexibility index (Phi) is 4.51. The van der Waals surface area contributed by atoms with Crippen molar-refractivity contribution in [3.63, 3.8) is 0 Å². The van der Waals surface area contributed by atoms with Crippen LogP contribution in [0.1, 0.15) is 30.1 Å². The largest absolute Gasteiger partial charge is 0.419 e. The van der Waals surface area contributed by atoms with Crippen LogP contribution in [0.15, 0.2) is 30.7 Å². The zero-order valence-electron chi connectivity index (χ0n) is 12.3. The molecule has 2 atom stereocenters. The summed E-state index contributed by atoms with van der Waals surface area (Å²) in [5.41, 5.74) is 0.158. The van der Waals surface area contributed by atoms with E-state index in [2.05, 4.69) is 20.5 Å². The van der Waals surface area contributed by atoms with Gasteiger partial charge in [-0.3, -0.25) is 5.10 Å². The first kappa shape index (κ1) is 15.8. The van der Waals surface area contributed by atoms with Crippen LogP contribution in [-0.4, -0.2) is 28.3 Å². The summed E-state index contributed by atoms with van der Waals surface area (Å²) >= 11 is 0. The highest BCUT2D eigenvalue weighted by Gasteiger charge is 2.35. The Bertz CT molecular complexity index is 630. The second-order valence-corrected chi connectivity index (χ2v) is 5.50. The number of aromatic amines is 1. The van der Waals surface area contributed by atoms with Crippen LogP contribution in [0, 0.1) is 5.92 Å². The number of hydrogen-bond donors (Lipinski definition) is 2. The number of anilines is 1.